The highest BCUT2D eigenvalue weighted by Gasteiger charge is 2.41. The summed E-state index contributed by atoms with van der Waals surface area (Å²) in [4.78, 5) is 37.8. The Kier molecular flexibility index (Phi) is 7.98. The number of fused-ring (bicyclic) bond motifs is 1. The van der Waals surface area contributed by atoms with Gasteiger partial charge in [0.15, 0.2) is 18.2 Å². The minimum absolute atomic E-state index is 0.0460. The van der Waals surface area contributed by atoms with Gasteiger partial charge in [0.05, 0.1) is 29.4 Å². The number of ether oxygens (including phenoxy) is 1. The monoisotopic (exact) mass is 583 g/mol. The lowest BCUT2D eigenvalue weighted by molar-refractivity contribution is -0.137. The van der Waals surface area contributed by atoms with Gasteiger partial charge in [0.2, 0.25) is 6.35 Å². The molecule has 0 saturated heterocycles. The van der Waals surface area contributed by atoms with E-state index < -0.39 is 30.0 Å². The summed E-state index contributed by atoms with van der Waals surface area (Å²) < 4.78 is 48.0. The number of alkyl halides is 3. The number of rotatable bonds is 9. The van der Waals surface area contributed by atoms with E-state index in [1.807, 2.05) is 13.8 Å². The third-order valence-electron chi connectivity index (χ3n) is 6.78. The van der Waals surface area contributed by atoms with E-state index in [4.69, 9.17) is 4.74 Å². The molecule has 0 aliphatic carbocycles. The van der Waals surface area contributed by atoms with E-state index in [0.717, 1.165) is 12.1 Å². The number of pyridine rings is 1. The van der Waals surface area contributed by atoms with E-state index in [2.05, 4.69) is 15.1 Å². The molecular weight excluding hydrogens is 555 g/mol. The number of hydrogen-bond acceptors (Lipinski definition) is 8. The minimum Gasteiger partial charge on any atom is -0.440 e. The van der Waals surface area contributed by atoms with E-state index in [0.29, 0.717) is 24.1 Å². The molecule has 1 amide bonds. The van der Waals surface area contributed by atoms with Crippen LogP contribution in [0.2, 0.25) is 0 Å². The Morgan fingerprint density at radius 1 is 1.12 bits per heavy atom. The largest absolute Gasteiger partial charge is 0.440 e. The third kappa shape index (κ3) is 5.57. The van der Waals surface area contributed by atoms with Crippen LogP contribution in [0.5, 0.6) is 0 Å². The van der Waals surface area contributed by atoms with Crippen LogP contribution in [0.1, 0.15) is 52.2 Å². The van der Waals surface area contributed by atoms with Gasteiger partial charge in [0.1, 0.15) is 5.82 Å². The number of anilines is 1. The molecule has 0 bridgehead atoms. The molecule has 0 radical (unpaired) electrons. The van der Waals surface area contributed by atoms with Crippen LogP contribution in [-0.2, 0) is 24.2 Å². The summed E-state index contributed by atoms with van der Waals surface area (Å²) in [6, 6.07) is 7.94. The lowest BCUT2D eigenvalue weighted by atomic mass is 10.1. The number of hydrogen-bond donors (Lipinski definition) is 1. The Morgan fingerprint density at radius 3 is 2.57 bits per heavy atom. The van der Waals surface area contributed by atoms with Crippen molar-refractivity contribution in [2.24, 2.45) is 0 Å². The van der Waals surface area contributed by atoms with Gasteiger partial charge in [0, 0.05) is 31.7 Å². The van der Waals surface area contributed by atoms with Crippen LogP contribution >= 0.6 is 0 Å². The molecule has 1 aromatic carbocycles. The number of halogens is 3. The number of nitrogens with zero attached hydrogens (tertiary/aromatic N) is 7. The molecule has 3 aromatic heterocycles. The molecular formula is C28H28F3N7O4. The number of aliphatic hydroxyl groups is 1. The van der Waals surface area contributed by atoms with Gasteiger partial charge in [-0.05, 0) is 43.2 Å². The SMILES string of the molecule is CCCN1C(=O)c2c(nc(-c3cnn(Cc4cccc(C(F)(F)F)c4)c3)n2COC(=O)c2ccncc2)N(CC)C1O. The van der Waals surface area contributed by atoms with E-state index >= 15 is 0 Å². The van der Waals surface area contributed by atoms with Crippen molar-refractivity contribution in [3.8, 4) is 11.4 Å². The highest BCUT2D eigenvalue weighted by Crippen LogP contribution is 2.35. The van der Waals surface area contributed by atoms with Crippen LogP contribution in [0.4, 0.5) is 19.0 Å². The van der Waals surface area contributed by atoms with Crippen LogP contribution in [0.25, 0.3) is 11.4 Å². The molecule has 11 nitrogen and oxygen atoms in total. The van der Waals surface area contributed by atoms with Gasteiger partial charge in [-0.1, -0.05) is 19.1 Å². The number of benzene rings is 1. The summed E-state index contributed by atoms with van der Waals surface area (Å²) >= 11 is 0. The van der Waals surface area contributed by atoms with Gasteiger partial charge in [-0.25, -0.2) is 9.78 Å². The summed E-state index contributed by atoms with van der Waals surface area (Å²) in [5.41, 5.74) is 0.438. The highest BCUT2D eigenvalue weighted by atomic mass is 19.4. The molecule has 42 heavy (non-hydrogen) atoms. The molecule has 14 heteroatoms. The van der Waals surface area contributed by atoms with Crippen molar-refractivity contribution in [2.45, 2.75) is 46.1 Å². The smallest absolute Gasteiger partial charge is 0.416 e. The van der Waals surface area contributed by atoms with E-state index in [1.54, 1.807) is 17.2 Å². The fraction of sp³-hybridized carbons (Fsp3) is 0.321. The van der Waals surface area contributed by atoms with E-state index in [1.165, 1.54) is 50.9 Å². The number of esters is 1. The van der Waals surface area contributed by atoms with Crippen molar-refractivity contribution in [3.05, 3.63) is 83.6 Å². The summed E-state index contributed by atoms with van der Waals surface area (Å²) in [6.45, 7) is 3.96. The fourth-order valence-electron chi connectivity index (χ4n) is 4.78. The Hall–Kier alpha value is -4.72. The van der Waals surface area contributed by atoms with Crippen molar-refractivity contribution in [1.82, 2.24) is 29.2 Å². The number of carbonyl (C=O) groups is 2. The zero-order chi connectivity index (χ0) is 30.0. The van der Waals surface area contributed by atoms with Crippen LogP contribution < -0.4 is 4.90 Å². The Balaban J connectivity index is 1.53. The van der Waals surface area contributed by atoms with Gasteiger partial charge >= 0.3 is 12.1 Å². The van der Waals surface area contributed by atoms with Gasteiger partial charge < -0.3 is 14.7 Å². The summed E-state index contributed by atoms with van der Waals surface area (Å²) in [5.74, 6) is -0.690. The van der Waals surface area contributed by atoms with E-state index in [-0.39, 0.29) is 42.7 Å². The van der Waals surface area contributed by atoms with Gasteiger partial charge in [-0.3, -0.25) is 23.9 Å². The lowest BCUT2D eigenvalue weighted by Crippen LogP contribution is -2.56. The highest BCUT2D eigenvalue weighted by molar-refractivity contribution is 6.00. The second-order valence-electron chi connectivity index (χ2n) is 9.59. The quantitative estimate of drug-likeness (QED) is 0.294. The first-order chi connectivity index (χ1) is 20.1. The maximum Gasteiger partial charge on any atom is 0.416 e. The number of amides is 1. The predicted molar refractivity (Wildman–Crippen MR) is 144 cm³/mol. The molecule has 5 rings (SSSR count). The molecule has 1 unspecified atom stereocenters. The van der Waals surface area contributed by atoms with Crippen LogP contribution in [0.3, 0.4) is 0 Å². The molecule has 4 heterocycles. The van der Waals surface area contributed by atoms with Crippen molar-refractivity contribution < 1.29 is 32.6 Å². The van der Waals surface area contributed by atoms with Gasteiger partial charge in [-0.15, -0.1) is 0 Å². The topological polar surface area (TPSA) is 119 Å². The maximum absolute atomic E-state index is 13.6. The minimum atomic E-state index is -4.48. The van der Waals surface area contributed by atoms with Crippen LogP contribution in [0.15, 0.2) is 61.2 Å². The second kappa shape index (κ2) is 11.6. The molecule has 1 N–H and O–H groups in total. The van der Waals surface area contributed by atoms with E-state index in [9.17, 15) is 27.9 Å². The zero-order valence-electron chi connectivity index (χ0n) is 22.8. The summed E-state index contributed by atoms with van der Waals surface area (Å²) in [7, 11) is 0. The molecule has 220 valence electrons. The number of carbonyl (C=O) groups excluding carboxylic acids is 2. The van der Waals surface area contributed by atoms with Crippen molar-refractivity contribution >= 4 is 17.7 Å². The maximum atomic E-state index is 13.6. The fourth-order valence-corrected chi connectivity index (χ4v) is 4.78. The van der Waals surface area contributed by atoms with Gasteiger partial charge in [-0.2, -0.15) is 18.3 Å². The first-order valence-corrected chi connectivity index (χ1v) is 13.2. The molecule has 0 fully saturated rings. The molecule has 1 aliphatic rings. The Bertz CT molecular complexity index is 1590. The summed E-state index contributed by atoms with van der Waals surface area (Å²) in [6.07, 6.45) is 0.820. The predicted octanol–water partition coefficient (Wildman–Crippen LogP) is 3.99. The van der Waals surface area contributed by atoms with Crippen LogP contribution in [0, 0.1) is 0 Å². The third-order valence-corrected chi connectivity index (χ3v) is 6.78. The average Bonchev–Trinajstić information content (AvgIpc) is 3.59. The van der Waals surface area contributed by atoms with Crippen molar-refractivity contribution in [1.29, 1.82) is 0 Å². The number of aromatic nitrogens is 5. The molecule has 4 aromatic rings. The first-order valence-electron chi connectivity index (χ1n) is 13.2. The standard InChI is InChI=1S/C28H28F3N7O4/c1-3-12-37-25(39)22-24(36(4-2)27(37)41)34-23(38(22)17-42-26(40)19-8-10-32-11-9-19)20-14-33-35(16-20)15-18-6-5-7-21(13-18)28(29,30)31/h5-11,13-14,16,27,41H,3-4,12,15,17H2,1-2H3. The molecule has 1 atom stereocenters. The molecule has 0 saturated carbocycles. The first kappa shape index (κ1) is 28.8. The van der Waals surface area contributed by atoms with Gasteiger partial charge in [0.25, 0.3) is 5.91 Å². The molecule has 0 spiro atoms. The second-order valence-corrected chi connectivity index (χ2v) is 9.59. The zero-order valence-corrected chi connectivity index (χ0v) is 22.8. The number of imidazole rings is 1. The molecule has 1 aliphatic heterocycles. The lowest BCUT2D eigenvalue weighted by Gasteiger charge is -2.40. The number of aliphatic hydroxyl groups excluding tert-OH is 1. The van der Waals surface area contributed by atoms with Crippen LogP contribution in [-0.4, -0.2) is 65.6 Å². The normalized spacial score (nSPS) is 15.2. The average molecular weight is 584 g/mol. The van der Waals surface area contributed by atoms with Crippen molar-refractivity contribution in [2.75, 3.05) is 18.0 Å². The Morgan fingerprint density at radius 2 is 1.88 bits per heavy atom. The summed E-state index contributed by atoms with van der Waals surface area (Å²) in [5, 5.41) is 15.3. The van der Waals surface area contributed by atoms with Crippen molar-refractivity contribution in [3.63, 3.8) is 0 Å². The Labute approximate surface area is 238 Å².